The van der Waals surface area contributed by atoms with E-state index >= 15 is 0 Å². The van der Waals surface area contributed by atoms with E-state index in [9.17, 15) is 13.6 Å². The first-order valence-corrected chi connectivity index (χ1v) is 5.86. The lowest BCUT2D eigenvalue weighted by Gasteiger charge is -2.27. The number of carbonyl (C=O) groups is 1. The van der Waals surface area contributed by atoms with E-state index in [1.165, 1.54) is 0 Å². The van der Waals surface area contributed by atoms with E-state index in [1.54, 1.807) is 11.8 Å². The summed E-state index contributed by atoms with van der Waals surface area (Å²) >= 11 is 0. The fourth-order valence-electron chi connectivity index (χ4n) is 1.90. The second kappa shape index (κ2) is 6.44. The van der Waals surface area contributed by atoms with Crippen LogP contribution in [0.2, 0.25) is 0 Å². The topological polar surface area (TPSA) is 40.5 Å². The van der Waals surface area contributed by atoms with Crippen molar-refractivity contribution in [3.05, 3.63) is 35.4 Å². The molecule has 0 amide bonds. The third-order valence-electron chi connectivity index (χ3n) is 2.97. The zero-order valence-corrected chi connectivity index (χ0v) is 10.5. The lowest BCUT2D eigenvalue weighted by molar-refractivity contribution is -0.137. The molecule has 1 aromatic carbocycles. The minimum atomic E-state index is -0.902. The lowest BCUT2D eigenvalue weighted by atomic mass is 10.1. The van der Waals surface area contributed by atoms with Crippen LogP contribution in [0.5, 0.6) is 0 Å². The molecule has 3 nitrogen and oxygen atoms in total. The van der Waals surface area contributed by atoms with Gasteiger partial charge in [0.25, 0.3) is 0 Å². The minimum Gasteiger partial charge on any atom is -0.481 e. The number of hydrogen-bond donors (Lipinski definition) is 1. The Hall–Kier alpha value is -1.49. The summed E-state index contributed by atoms with van der Waals surface area (Å²) in [5.41, 5.74) is 0.252. The van der Waals surface area contributed by atoms with Gasteiger partial charge >= 0.3 is 5.97 Å². The van der Waals surface area contributed by atoms with Gasteiger partial charge < -0.3 is 5.11 Å². The van der Waals surface area contributed by atoms with Crippen molar-refractivity contribution in [1.82, 2.24) is 4.90 Å². The maximum Gasteiger partial charge on any atom is 0.304 e. The van der Waals surface area contributed by atoms with Gasteiger partial charge in [0.15, 0.2) is 0 Å². The second-order valence-electron chi connectivity index (χ2n) is 4.11. The molecular formula is C13H17F2NO2. The highest BCUT2D eigenvalue weighted by atomic mass is 19.1. The molecule has 0 fully saturated rings. The van der Waals surface area contributed by atoms with E-state index in [1.807, 2.05) is 6.92 Å². The van der Waals surface area contributed by atoms with Crippen molar-refractivity contribution < 1.29 is 18.7 Å². The van der Waals surface area contributed by atoms with Crippen molar-refractivity contribution in [3.63, 3.8) is 0 Å². The first kappa shape index (κ1) is 14.6. The number of carboxylic acid groups (broad SMARTS) is 1. The molecule has 5 heteroatoms. The summed E-state index contributed by atoms with van der Waals surface area (Å²) < 4.78 is 26.7. The molecule has 0 aromatic heterocycles. The summed E-state index contributed by atoms with van der Waals surface area (Å²) in [7, 11) is 0. The average Bonchev–Trinajstić information content (AvgIpc) is 2.32. The van der Waals surface area contributed by atoms with Crippen LogP contribution in [0.4, 0.5) is 8.78 Å². The molecule has 0 radical (unpaired) electrons. The van der Waals surface area contributed by atoms with Gasteiger partial charge in [-0.05, 0) is 31.7 Å². The van der Waals surface area contributed by atoms with Crippen molar-refractivity contribution in [1.29, 1.82) is 0 Å². The van der Waals surface area contributed by atoms with Crippen LogP contribution in [0.1, 0.15) is 31.9 Å². The number of halogens is 2. The van der Waals surface area contributed by atoms with Gasteiger partial charge in [0.1, 0.15) is 11.6 Å². The van der Waals surface area contributed by atoms with E-state index in [0.717, 1.165) is 18.2 Å². The molecule has 0 aliphatic heterocycles. The Morgan fingerprint density at radius 1 is 1.44 bits per heavy atom. The maximum absolute atomic E-state index is 13.6. The summed E-state index contributed by atoms with van der Waals surface area (Å²) in [5, 5.41) is 8.65. The largest absolute Gasteiger partial charge is 0.481 e. The SMILES string of the molecule is CCN(CCC(=O)O)C(C)c1cc(F)ccc1F. The minimum absolute atomic E-state index is 0.0187. The molecule has 0 heterocycles. The summed E-state index contributed by atoms with van der Waals surface area (Å²) in [6.07, 6.45) is -0.0187. The molecule has 1 aromatic rings. The third-order valence-corrected chi connectivity index (χ3v) is 2.97. The van der Waals surface area contributed by atoms with Crippen molar-refractivity contribution in [3.8, 4) is 0 Å². The number of carboxylic acids is 1. The van der Waals surface area contributed by atoms with E-state index in [2.05, 4.69) is 0 Å². The Balaban J connectivity index is 2.85. The van der Waals surface area contributed by atoms with Gasteiger partial charge in [-0.15, -0.1) is 0 Å². The molecule has 1 unspecified atom stereocenters. The number of hydrogen-bond acceptors (Lipinski definition) is 2. The Morgan fingerprint density at radius 2 is 2.11 bits per heavy atom. The van der Waals surface area contributed by atoms with Crippen molar-refractivity contribution in [2.45, 2.75) is 26.3 Å². The zero-order chi connectivity index (χ0) is 13.7. The van der Waals surface area contributed by atoms with E-state index in [4.69, 9.17) is 5.11 Å². The second-order valence-corrected chi connectivity index (χ2v) is 4.11. The molecule has 0 aliphatic rings. The smallest absolute Gasteiger partial charge is 0.304 e. The van der Waals surface area contributed by atoms with Gasteiger partial charge in [0.2, 0.25) is 0 Å². The molecular weight excluding hydrogens is 240 g/mol. The fraction of sp³-hybridized carbons (Fsp3) is 0.462. The van der Waals surface area contributed by atoms with Gasteiger partial charge in [-0.1, -0.05) is 6.92 Å². The van der Waals surface area contributed by atoms with Gasteiger partial charge in [-0.25, -0.2) is 8.78 Å². The molecule has 18 heavy (non-hydrogen) atoms. The monoisotopic (exact) mass is 257 g/mol. The summed E-state index contributed by atoms with van der Waals surface area (Å²) in [4.78, 5) is 12.3. The normalized spacial score (nSPS) is 12.7. The Morgan fingerprint density at radius 3 is 2.67 bits per heavy atom. The number of benzene rings is 1. The molecule has 0 spiro atoms. The first-order chi connectivity index (χ1) is 8.45. The van der Waals surface area contributed by atoms with Gasteiger partial charge in [-0.2, -0.15) is 0 Å². The molecule has 1 rings (SSSR count). The number of nitrogens with zero attached hydrogens (tertiary/aromatic N) is 1. The Bertz CT molecular complexity index is 423. The lowest BCUT2D eigenvalue weighted by Crippen LogP contribution is -2.29. The van der Waals surface area contributed by atoms with Crippen molar-refractivity contribution in [2.24, 2.45) is 0 Å². The van der Waals surface area contributed by atoms with Crippen LogP contribution < -0.4 is 0 Å². The fourth-order valence-corrected chi connectivity index (χ4v) is 1.90. The van der Waals surface area contributed by atoms with E-state index in [-0.39, 0.29) is 18.0 Å². The quantitative estimate of drug-likeness (QED) is 0.852. The van der Waals surface area contributed by atoms with Crippen LogP contribution in [0, 0.1) is 11.6 Å². The van der Waals surface area contributed by atoms with Gasteiger partial charge in [-0.3, -0.25) is 9.69 Å². The van der Waals surface area contributed by atoms with Crippen LogP contribution in [-0.4, -0.2) is 29.1 Å². The molecule has 100 valence electrons. The molecule has 0 aliphatic carbocycles. The molecule has 1 N–H and O–H groups in total. The summed E-state index contributed by atoms with van der Waals surface area (Å²) in [6.45, 7) is 4.48. The third kappa shape index (κ3) is 3.77. The van der Waals surface area contributed by atoms with Crippen LogP contribution in [0.15, 0.2) is 18.2 Å². The zero-order valence-electron chi connectivity index (χ0n) is 10.5. The van der Waals surface area contributed by atoms with E-state index < -0.39 is 17.6 Å². The van der Waals surface area contributed by atoms with Crippen molar-refractivity contribution in [2.75, 3.05) is 13.1 Å². The molecule has 1 atom stereocenters. The average molecular weight is 257 g/mol. The first-order valence-electron chi connectivity index (χ1n) is 5.86. The Labute approximate surface area is 105 Å². The Kier molecular flexibility index (Phi) is 5.22. The van der Waals surface area contributed by atoms with Gasteiger partial charge in [0, 0.05) is 18.2 Å². The highest BCUT2D eigenvalue weighted by Gasteiger charge is 2.18. The highest BCUT2D eigenvalue weighted by molar-refractivity contribution is 5.66. The predicted molar refractivity (Wildman–Crippen MR) is 64.3 cm³/mol. The number of aliphatic carboxylic acids is 1. The summed E-state index contributed by atoms with van der Waals surface area (Å²) in [6, 6.07) is 2.96. The highest BCUT2D eigenvalue weighted by Crippen LogP contribution is 2.23. The van der Waals surface area contributed by atoms with Crippen LogP contribution in [0.3, 0.4) is 0 Å². The van der Waals surface area contributed by atoms with Crippen LogP contribution in [-0.2, 0) is 4.79 Å². The van der Waals surface area contributed by atoms with Crippen LogP contribution >= 0.6 is 0 Å². The van der Waals surface area contributed by atoms with Crippen molar-refractivity contribution >= 4 is 5.97 Å². The van der Waals surface area contributed by atoms with Gasteiger partial charge in [0.05, 0.1) is 6.42 Å². The standard InChI is InChI=1S/C13H17F2NO2/c1-3-16(7-6-13(17)18)9(2)11-8-10(14)4-5-12(11)15/h4-5,8-9H,3,6-7H2,1-2H3,(H,17,18). The molecule has 0 saturated carbocycles. The predicted octanol–water partition coefficient (Wildman–Crippen LogP) is 2.82. The van der Waals surface area contributed by atoms with Crippen LogP contribution in [0.25, 0.3) is 0 Å². The summed E-state index contributed by atoms with van der Waals surface area (Å²) in [5.74, 6) is -1.87. The maximum atomic E-state index is 13.6. The molecule has 0 bridgehead atoms. The molecule has 0 saturated heterocycles. The van der Waals surface area contributed by atoms with E-state index in [0.29, 0.717) is 13.1 Å². The number of rotatable bonds is 6.